The maximum absolute atomic E-state index is 4.81. The summed E-state index contributed by atoms with van der Waals surface area (Å²) in [4.78, 5) is 4.81. The zero-order valence-corrected chi connectivity index (χ0v) is 18.1. The Morgan fingerprint density at radius 3 is 1.93 bits per heavy atom. The van der Waals surface area contributed by atoms with E-state index < -0.39 is 0 Å². The number of rotatable bonds is 2. The number of pyridine rings is 1. The summed E-state index contributed by atoms with van der Waals surface area (Å²) >= 11 is 0. The van der Waals surface area contributed by atoms with Crippen molar-refractivity contribution in [3.63, 3.8) is 0 Å². The topological polar surface area (TPSA) is 12.9 Å². The molecule has 0 atom stereocenters. The van der Waals surface area contributed by atoms with E-state index in [2.05, 4.69) is 113 Å². The van der Waals surface area contributed by atoms with E-state index in [4.69, 9.17) is 4.98 Å². The van der Waals surface area contributed by atoms with Crippen LogP contribution in [0.2, 0.25) is 0 Å². The van der Waals surface area contributed by atoms with Crippen molar-refractivity contribution in [3.05, 3.63) is 113 Å². The lowest BCUT2D eigenvalue weighted by atomic mass is 9.59. The SMILES string of the molecule is CC1(C)c2ccccc2C(C)(C)c2c(-c3cc(-c4ccccc4)ccn3)cccc21. The molecule has 3 aromatic carbocycles. The standard InChI is InChI=1S/C29H27N/c1-28(2)23-14-8-9-15-24(23)29(3,4)27-22(13-10-16-25(27)28)26-19-21(17-18-30-26)20-11-6-5-7-12-20/h5-19H,1-4H3. The minimum absolute atomic E-state index is 0.0471. The summed E-state index contributed by atoms with van der Waals surface area (Å²) in [6.45, 7) is 9.39. The molecule has 0 saturated heterocycles. The van der Waals surface area contributed by atoms with Gasteiger partial charge >= 0.3 is 0 Å². The Bertz CT molecular complexity index is 1230. The van der Waals surface area contributed by atoms with Gasteiger partial charge in [0.2, 0.25) is 0 Å². The Kier molecular flexibility index (Phi) is 4.18. The van der Waals surface area contributed by atoms with Crippen molar-refractivity contribution in [2.75, 3.05) is 0 Å². The Hall–Kier alpha value is -3.19. The van der Waals surface area contributed by atoms with Gasteiger partial charge in [-0.25, -0.2) is 0 Å². The highest BCUT2D eigenvalue weighted by atomic mass is 14.7. The highest BCUT2D eigenvalue weighted by molar-refractivity contribution is 5.76. The summed E-state index contributed by atoms with van der Waals surface area (Å²) in [5.74, 6) is 0. The van der Waals surface area contributed by atoms with Crippen LogP contribution in [0.3, 0.4) is 0 Å². The molecule has 1 heteroatoms. The van der Waals surface area contributed by atoms with Crippen LogP contribution in [0.25, 0.3) is 22.4 Å². The number of benzene rings is 3. The fourth-order valence-corrected chi connectivity index (χ4v) is 5.20. The fourth-order valence-electron chi connectivity index (χ4n) is 5.20. The fraction of sp³-hybridized carbons (Fsp3) is 0.207. The molecule has 1 heterocycles. The molecule has 1 aromatic heterocycles. The number of hydrogen-bond acceptors (Lipinski definition) is 1. The molecule has 0 fully saturated rings. The number of nitrogens with zero attached hydrogens (tertiary/aromatic N) is 1. The minimum atomic E-state index is -0.0948. The molecule has 0 bridgehead atoms. The van der Waals surface area contributed by atoms with Crippen LogP contribution in [-0.4, -0.2) is 4.98 Å². The van der Waals surface area contributed by atoms with Crippen molar-refractivity contribution < 1.29 is 0 Å². The third kappa shape index (κ3) is 2.73. The molecule has 4 aromatic rings. The van der Waals surface area contributed by atoms with Crippen LogP contribution >= 0.6 is 0 Å². The maximum atomic E-state index is 4.81. The maximum Gasteiger partial charge on any atom is 0.0711 e. The van der Waals surface area contributed by atoms with Crippen LogP contribution in [0.1, 0.15) is 49.9 Å². The lowest BCUT2D eigenvalue weighted by Gasteiger charge is -2.44. The third-order valence-corrected chi connectivity index (χ3v) is 6.78. The van der Waals surface area contributed by atoms with Gasteiger partial charge in [-0.05, 0) is 45.5 Å². The molecule has 1 nitrogen and oxygen atoms in total. The molecular formula is C29H27N. The van der Waals surface area contributed by atoms with Gasteiger partial charge in [-0.1, -0.05) is 100 Å². The zero-order chi connectivity index (χ0) is 20.9. The Balaban J connectivity index is 1.76. The first-order chi connectivity index (χ1) is 14.4. The van der Waals surface area contributed by atoms with Crippen LogP contribution in [0.5, 0.6) is 0 Å². The van der Waals surface area contributed by atoms with Gasteiger partial charge in [-0.15, -0.1) is 0 Å². The van der Waals surface area contributed by atoms with E-state index in [1.165, 1.54) is 38.9 Å². The largest absolute Gasteiger partial charge is 0.256 e. The van der Waals surface area contributed by atoms with Crippen molar-refractivity contribution in [2.45, 2.75) is 38.5 Å². The van der Waals surface area contributed by atoms with Gasteiger partial charge in [-0.3, -0.25) is 4.98 Å². The van der Waals surface area contributed by atoms with Crippen LogP contribution in [-0.2, 0) is 10.8 Å². The summed E-state index contributed by atoms with van der Waals surface area (Å²) < 4.78 is 0. The second-order valence-electron chi connectivity index (χ2n) is 9.32. The first-order valence-electron chi connectivity index (χ1n) is 10.7. The van der Waals surface area contributed by atoms with Crippen molar-refractivity contribution in [1.82, 2.24) is 4.98 Å². The summed E-state index contributed by atoms with van der Waals surface area (Å²) in [7, 11) is 0. The monoisotopic (exact) mass is 389 g/mol. The van der Waals surface area contributed by atoms with Gasteiger partial charge in [-0.2, -0.15) is 0 Å². The van der Waals surface area contributed by atoms with Gasteiger partial charge < -0.3 is 0 Å². The first-order valence-corrected chi connectivity index (χ1v) is 10.7. The molecule has 0 radical (unpaired) electrons. The van der Waals surface area contributed by atoms with Gasteiger partial charge in [0.05, 0.1) is 5.69 Å². The zero-order valence-electron chi connectivity index (χ0n) is 18.1. The molecule has 0 unspecified atom stereocenters. The average Bonchev–Trinajstić information content (AvgIpc) is 2.78. The predicted octanol–water partition coefficient (Wildman–Crippen LogP) is 7.38. The summed E-state index contributed by atoms with van der Waals surface area (Å²) in [5.41, 5.74) is 10.2. The minimum Gasteiger partial charge on any atom is -0.256 e. The van der Waals surface area contributed by atoms with E-state index in [1.54, 1.807) is 0 Å². The highest BCUT2D eigenvalue weighted by Gasteiger charge is 2.42. The molecule has 30 heavy (non-hydrogen) atoms. The van der Waals surface area contributed by atoms with Gasteiger partial charge in [0, 0.05) is 22.6 Å². The third-order valence-electron chi connectivity index (χ3n) is 6.78. The molecule has 5 rings (SSSR count). The van der Waals surface area contributed by atoms with E-state index in [9.17, 15) is 0 Å². The van der Waals surface area contributed by atoms with Gasteiger partial charge in [0.1, 0.15) is 0 Å². The molecule has 0 saturated carbocycles. The molecule has 0 spiro atoms. The second-order valence-corrected chi connectivity index (χ2v) is 9.32. The lowest BCUT2D eigenvalue weighted by Crippen LogP contribution is -2.37. The second kappa shape index (κ2) is 6.67. The van der Waals surface area contributed by atoms with E-state index in [0.717, 1.165) is 5.69 Å². The molecule has 1 aliphatic carbocycles. The Morgan fingerprint density at radius 2 is 1.20 bits per heavy atom. The molecule has 1 aliphatic rings. The van der Waals surface area contributed by atoms with Gasteiger partial charge in [0.15, 0.2) is 0 Å². The molecule has 0 N–H and O–H groups in total. The van der Waals surface area contributed by atoms with Crippen LogP contribution in [0, 0.1) is 0 Å². The lowest BCUT2D eigenvalue weighted by molar-refractivity contribution is 0.522. The van der Waals surface area contributed by atoms with E-state index in [0.29, 0.717) is 0 Å². The quantitative estimate of drug-likeness (QED) is 0.348. The summed E-state index contributed by atoms with van der Waals surface area (Å²) in [6.07, 6.45) is 1.94. The number of aromatic nitrogens is 1. The van der Waals surface area contributed by atoms with Crippen LogP contribution in [0.15, 0.2) is 91.1 Å². The van der Waals surface area contributed by atoms with Crippen LogP contribution in [0.4, 0.5) is 0 Å². The number of hydrogen-bond donors (Lipinski definition) is 0. The molecule has 148 valence electrons. The van der Waals surface area contributed by atoms with Gasteiger partial charge in [0.25, 0.3) is 0 Å². The van der Waals surface area contributed by atoms with Crippen molar-refractivity contribution in [1.29, 1.82) is 0 Å². The summed E-state index contributed by atoms with van der Waals surface area (Å²) in [5, 5.41) is 0. The van der Waals surface area contributed by atoms with Crippen molar-refractivity contribution >= 4 is 0 Å². The molecule has 0 amide bonds. The van der Waals surface area contributed by atoms with Crippen LogP contribution < -0.4 is 0 Å². The Labute approximate surface area is 179 Å². The van der Waals surface area contributed by atoms with Crippen molar-refractivity contribution in [3.8, 4) is 22.4 Å². The number of fused-ring (bicyclic) bond motifs is 2. The van der Waals surface area contributed by atoms with Crippen molar-refractivity contribution in [2.24, 2.45) is 0 Å². The molecular weight excluding hydrogens is 362 g/mol. The normalized spacial score (nSPS) is 15.9. The summed E-state index contributed by atoms with van der Waals surface area (Å²) in [6, 6.07) is 30.5. The van der Waals surface area contributed by atoms with E-state index >= 15 is 0 Å². The van der Waals surface area contributed by atoms with E-state index in [-0.39, 0.29) is 10.8 Å². The highest BCUT2D eigenvalue weighted by Crippen LogP contribution is 2.52. The smallest absolute Gasteiger partial charge is 0.0711 e. The predicted molar refractivity (Wildman–Crippen MR) is 126 cm³/mol. The Morgan fingerprint density at radius 1 is 0.567 bits per heavy atom. The van der Waals surface area contributed by atoms with E-state index in [1.807, 2.05) is 6.20 Å². The average molecular weight is 390 g/mol. The first kappa shape index (κ1) is 18.8. The molecule has 0 aliphatic heterocycles.